The average molecular weight is 413 g/mol. The first-order chi connectivity index (χ1) is 13.9. The fraction of sp³-hybridized carbons (Fsp3) is 0.667. The first-order valence-corrected chi connectivity index (χ1v) is 10.4. The lowest BCUT2D eigenvalue weighted by Gasteiger charge is -2.26. The number of benzene rings is 1. The molecule has 1 aliphatic heterocycles. The Labute approximate surface area is 170 Å². The van der Waals surface area contributed by atoms with E-state index in [2.05, 4.69) is 20.5 Å². The number of nitrogens with one attached hydrogen (secondary N) is 2. The summed E-state index contributed by atoms with van der Waals surface area (Å²) >= 11 is 0. The minimum atomic E-state index is -4.31. The van der Waals surface area contributed by atoms with Gasteiger partial charge in [-0.1, -0.05) is 18.2 Å². The summed E-state index contributed by atoms with van der Waals surface area (Å²) < 4.78 is 44.5. The predicted octanol–water partition coefficient (Wildman–Crippen LogP) is 3.01. The zero-order chi connectivity index (χ0) is 20.7. The molecule has 29 heavy (non-hydrogen) atoms. The molecule has 2 aliphatic rings. The molecule has 1 heterocycles. The first-order valence-electron chi connectivity index (χ1n) is 10.4. The van der Waals surface area contributed by atoms with Gasteiger partial charge in [0, 0.05) is 31.6 Å². The van der Waals surface area contributed by atoms with E-state index in [0.29, 0.717) is 6.54 Å². The molecule has 162 valence electrons. The second-order valence-corrected chi connectivity index (χ2v) is 7.79. The Bertz CT molecular complexity index is 683. The molecule has 0 aromatic heterocycles. The van der Waals surface area contributed by atoms with Crippen molar-refractivity contribution < 1.29 is 17.9 Å². The van der Waals surface area contributed by atoms with E-state index in [9.17, 15) is 13.2 Å². The van der Waals surface area contributed by atoms with Crippen molar-refractivity contribution >= 4 is 5.96 Å². The van der Waals surface area contributed by atoms with E-state index in [1.54, 1.807) is 6.07 Å². The Morgan fingerprint density at radius 2 is 1.97 bits per heavy atom. The normalized spacial score (nSPS) is 19.8. The number of aliphatic imine (C=N–C) groups is 1. The second kappa shape index (κ2) is 9.80. The van der Waals surface area contributed by atoms with Gasteiger partial charge in [-0.2, -0.15) is 13.2 Å². The van der Waals surface area contributed by atoms with Crippen molar-refractivity contribution in [2.24, 2.45) is 4.99 Å². The van der Waals surface area contributed by atoms with Crippen molar-refractivity contribution in [2.75, 3.05) is 52.5 Å². The summed E-state index contributed by atoms with van der Waals surface area (Å²) in [7, 11) is 0. The summed E-state index contributed by atoms with van der Waals surface area (Å²) in [5.41, 5.74) is -0.116. The molecule has 1 saturated carbocycles. The Hall–Kier alpha value is -1.80. The highest BCUT2D eigenvalue weighted by atomic mass is 19.4. The Morgan fingerprint density at radius 1 is 1.21 bits per heavy atom. The van der Waals surface area contributed by atoms with Gasteiger partial charge in [-0.05, 0) is 44.4 Å². The molecule has 2 N–H and O–H groups in total. The molecule has 0 atom stereocenters. The minimum Gasteiger partial charge on any atom is -0.379 e. The lowest BCUT2D eigenvalue weighted by atomic mass is 9.94. The van der Waals surface area contributed by atoms with Gasteiger partial charge in [-0.3, -0.25) is 9.89 Å². The minimum absolute atomic E-state index is 0.266. The summed E-state index contributed by atoms with van der Waals surface area (Å²) in [6.07, 6.45) is -1.57. The number of halogens is 3. The monoisotopic (exact) mass is 412 g/mol. The topological polar surface area (TPSA) is 48.9 Å². The molecule has 1 aliphatic carbocycles. The van der Waals surface area contributed by atoms with Gasteiger partial charge in [-0.15, -0.1) is 0 Å². The van der Waals surface area contributed by atoms with Crippen molar-refractivity contribution in [1.82, 2.24) is 15.5 Å². The summed E-state index contributed by atoms with van der Waals surface area (Å²) in [6.45, 7) is 8.62. The fourth-order valence-electron chi connectivity index (χ4n) is 3.62. The van der Waals surface area contributed by atoms with E-state index >= 15 is 0 Å². The number of hydrogen-bond acceptors (Lipinski definition) is 3. The molecule has 1 aromatic rings. The quantitative estimate of drug-likeness (QED) is 0.392. The van der Waals surface area contributed by atoms with Crippen molar-refractivity contribution in [2.45, 2.75) is 37.8 Å². The number of morpholine rings is 1. The molecule has 0 amide bonds. The maximum atomic E-state index is 13.0. The Morgan fingerprint density at radius 3 is 2.62 bits per heavy atom. The molecule has 0 unspecified atom stereocenters. The zero-order valence-corrected chi connectivity index (χ0v) is 17.0. The van der Waals surface area contributed by atoms with E-state index in [1.165, 1.54) is 12.1 Å². The van der Waals surface area contributed by atoms with Crippen LogP contribution >= 0.6 is 0 Å². The largest absolute Gasteiger partial charge is 0.416 e. The van der Waals surface area contributed by atoms with Gasteiger partial charge < -0.3 is 15.4 Å². The van der Waals surface area contributed by atoms with Crippen LogP contribution in [-0.2, 0) is 16.3 Å². The van der Waals surface area contributed by atoms with Gasteiger partial charge in [0.1, 0.15) is 0 Å². The highest BCUT2D eigenvalue weighted by Crippen LogP contribution is 2.49. The van der Waals surface area contributed by atoms with Crippen LogP contribution in [0.5, 0.6) is 0 Å². The zero-order valence-electron chi connectivity index (χ0n) is 17.0. The van der Waals surface area contributed by atoms with Crippen molar-refractivity contribution in [3.8, 4) is 0 Å². The van der Waals surface area contributed by atoms with Crippen LogP contribution in [-0.4, -0.2) is 63.3 Å². The molecule has 0 bridgehead atoms. The highest BCUT2D eigenvalue weighted by Gasteiger charge is 2.45. The van der Waals surface area contributed by atoms with E-state index in [1.807, 2.05) is 6.92 Å². The van der Waals surface area contributed by atoms with Crippen molar-refractivity contribution in [3.05, 3.63) is 35.4 Å². The predicted molar refractivity (Wildman–Crippen MR) is 108 cm³/mol. The van der Waals surface area contributed by atoms with E-state index in [-0.39, 0.29) is 5.41 Å². The van der Waals surface area contributed by atoms with Gasteiger partial charge in [0.25, 0.3) is 0 Å². The lowest BCUT2D eigenvalue weighted by molar-refractivity contribution is -0.137. The van der Waals surface area contributed by atoms with Crippen LogP contribution in [0.15, 0.2) is 29.3 Å². The van der Waals surface area contributed by atoms with Crippen molar-refractivity contribution in [1.29, 1.82) is 0 Å². The van der Waals surface area contributed by atoms with E-state index in [0.717, 1.165) is 82.8 Å². The molecule has 1 aromatic carbocycles. The molecule has 3 rings (SSSR count). The van der Waals surface area contributed by atoms with Crippen LogP contribution in [0.2, 0.25) is 0 Å². The van der Waals surface area contributed by atoms with E-state index < -0.39 is 11.7 Å². The maximum absolute atomic E-state index is 13.0. The first kappa shape index (κ1) is 21.9. The van der Waals surface area contributed by atoms with Gasteiger partial charge in [0.15, 0.2) is 5.96 Å². The van der Waals surface area contributed by atoms with Gasteiger partial charge in [0.05, 0.1) is 25.3 Å². The number of ether oxygens (including phenoxy) is 1. The summed E-state index contributed by atoms with van der Waals surface area (Å²) in [6, 6.07) is 5.70. The number of rotatable bonds is 8. The molecule has 1 saturated heterocycles. The maximum Gasteiger partial charge on any atom is 0.416 e. The molecular weight excluding hydrogens is 381 g/mol. The third kappa shape index (κ3) is 6.34. The average Bonchev–Trinajstić information content (AvgIpc) is 3.51. The molecular formula is C21H31F3N4O. The van der Waals surface area contributed by atoms with Crippen LogP contribution in [0.4, 0.5) is 13.2 Å². The third-order valence-corrected chi connectivity index (χ3v) is 5.59. The molecule has 5 nitrogen and oxygen atoms in total. The summed E-state index contributed by atoms with van der Waals surface area (Å²) in [4.78, 5) is 7.07. The van der Waals surface area contributed by atoms with E-state index in [4.69, 9.17) is 4.74 Å². The van der Waals surface area contributed by atoms with Crippen LogP contribution in [0, 0.1) is 0 Å². The number of nitrogens with zero attached hydrogens (tertiary/aromatic N) is 2. The molecule has 2 fully saturated rings. The SMILES string of the molecule is CCNC(=NCC1(c2cccc(C(F)(F)F)c2)CC1)NCCCN1CCOCC1. The van der Waals surface area contributed by atoms with Gasteiger partial charge in [0.2, 0.25) is 0 Å². The van der Waals surface area contributed by atoms with Crippen LogP contribution in [0.25, 0.3) is 0 Å². The summed E-state index contributed by atoms with van der Waals surface area (Å²) in [5, 5.41) is 6.58. The number of guanidine groups is 1. The van der Waals surface area contributed by atoms with Crippen LogP contribution in [0.3, 0.4) is 0 Å². The lowest BCUT2D eigenvalue weighted by Crippen LogP contribution is -2.41. The number of hydrogen-bond donors (Lipinski definition) is 2. The number of alkyl halides is 3. The fourth-order valence-corrected chi connectivity index (χ4v) is 3.62. The standard InChI is InChI=1S/C21H31F3N4O/c1-2-25-19(26-9-4-10-28-11-13-29-14-12-28)27-16-20(7-8-20)17-5-3-6-18(15-17)21(22,23)24/h3,5-6,15H,2,4,7-14,16H2,1H3,(H2,25,26,27). The van der Waals surface area contributed by atoms with Crippen LogP contribution < -0.4 is 10.6 Å². The molecule has 0 radical (unpaired) electrons. The molecule has 8 heteroatoms. The van der Waals surface area contributed by atoms with Crippen LogP contribution in [0.1, 0.15) is 37.3 Å². The highest BCUT2D eigenvalue weighted by molar-refractivity contribution is 5.79. The van der Waals surface area contributed by atoms with Crippen molar-refractivity contribution in [3.63, 3.8) is 0 Å². The van der Waals surface area contributed by atoms with Gasteiger partial charge >= 0.3 is 6.18 Å². The smallest absolute Gasteiger partial charge is 0.379 e. The summed E-state index contributed by atoms with van der Waals surface area (Å²) in [5.74, 6) is 0.729. The molecule has 0 spiro atoms. The second-order valence-electron chi connectivity index (χ2n) is 7.79. The third-order valence-electron chi connectivity index (χ3n) is 5.59. The Kier molecular flexibility index (Phi) is 7.40. The van der Waals surface area contributed by atoms with Gasteiger partial charge in [-0.25, -0.2) is 0 Å². The Balaban J connectivity index is 1.54.